The molecule has 0 saturated carbocycles. The average Bonchev–Trinajstić information content (AvgIpc) is 3.91. The lowest BCUT2D eigenvalue weighted by Crippen LogP contribution is -2.11. The number of hydrogen-bond acceptors (Lipinski definition) is 3. The molecular formula is C52H36N4O. The van der Waals surface area contributed by atoms with E-state index in [0.717, 1.165) is 110 Å². The van der Waals surface area contributed by atoms with Gasteiger partial charge in [0.05, 0.1) is 49.6 Å². The molecule has 7 aromatic carbocycles. The Balaban J connectivity index is 1.20. The maximum Gasteiger partial charge on any atom is 0.150 e. The van der Waals surface area contributed by atoms with Crippen LogP contribution >= 0.6 is 0 Å². The minimum Gasteiger partial charge on any atom is -0.506 e. The summed E-state index contributed by atoms with van der Waals surface area (Å²) in [5, 5.41) is 19.8. The Labute approximate surface area is 328 Å². The maximum atomic E-state index is 12.7. The second-order valence-corrected chi connectivity index (χ2v) is 16.4. The molecule has 0 radical (unpaired) electrons. The number of aromatic hydroxyl groups is 1. The number of phenols is 1. The van der Waals surface area contributed by atoms with Crippen LogP contribution < -0.4 is 0 Å². The van der Waals surface area contributed by atoms with Crippen LogP contribution in [0, 0.1) is 0 Å². The van der Waals surface area contributed by atoms with Gasteiger partial charge in [-0.25, -0.2) is 4.98 Å². The van der Waals surface area contributed by atoms with E-state index in [2.05, 4.69) is 175 Å². The zero-order valence-corrected chi connectivity index (χ0v) is 31.7. The van der Waals surface area contributed by atoms with E-state index in [9.17, 15) is 5.11 Å². The molecule has 12 aromatic rings. The molecule has 0 unspecified atom stereocenters. The van der Waals surface area contributed by atoms with Gasteiger partial charge in [0.1, 0.15) is 11.4 Å². The normalized spacial score (nSPS) is 12.5. The molecule has 0 aliphatic rings. The third-order valence-corrected chi connectivity index (χ3v) is 12.1. The van der Waals surface area contributed by atoms with Crippen molar-refractivity contribution >= 4 is 76.5 Å². The van der Waals surface area contributed by atoms with Crippen LogP contribution in [0.4, 0.5) is 0 Å². The van der Waals surface area contributed by atoms with Crippen molar-refractivity contribution < 1.29 is 5.11 Å². The molecule has 0 saturated heterocycles. The number of rotatable bonds is 3. The molecule has 0 fully saturated rings. The average molecular weight is 733 g/mol. The van der Waals surface area contributed by atoms with Crippen molar-refractivity contribution in [2.24, 2.45) is 0 Å². The largest absolute Gasteiger partial charge is 0.506 e. The van der Waals surface area contributed by atoms with E-state index in [0.29, 0.717) is 0 Å². The molecule has 0 aliphatic heterocycles. The number of imidazole rings is 1. The zero-order chi connectivity index (χ0) is 38.2. The molecule has 0 amide bonds. The van der Waals surface area contributed by atoms with E-state index in [1.165, 1.54) is 5.56 Å². The smallest absolute Gasteiger partial charge is 0.150 e. The summed E-state index contributed by atoms with van der Waals surface area (Å²) in [4.78, 5) is 10.5. The van der Waals surface area contributed by atoms with Crippen LogP contribution in [0.2, 0.25) is 0 Å². The van der Waals surface area contributed by atoms with E-state index in [1.807, 2.05) is 12.3 Å². The summed E-state index contributed by atoms with van der Waals surface area (Å²) < 4.78 is 4.59. The van der Waals surface area contributed by atoms with Crippen molar-refractivity contribution in [1.82, 2.24) is 18.8 Å². The molecule has 0 atom stereocenters. The second-order valence-electron chi connectivity index (χ2n) is 16.4. The highest BCUT2D eigenvalue weighted by Crippen LogP contribution is 2.51. The second kappa shape index (κ2) is 11.4. The maximum absolute atomic E-state index is 12.7. The van der Waals surface area contributed by atoms with Gasteiger partial charge in [-0.05, 0) is 76.2 Å². The number of phenolic OH excluding ortho intramolecular Hbond substituents is 1. The Bertz CT molecular complexity index is 3620. The van der Waals surface area contributed by atoms with Crippen LogP contribution in [-0.2, 0) is 5.41 Å². The predicted molar refractivity (Wildman–Crippen MR) is 237 cm³/mol. The van der Waals surface area contributed by atoms with Gasteiger partial charge in [0, 0.05) is 44.3 Å². The molecule has 0 spiro atoms. The van der Waals surface area contributed by atoms with Crippen molar-refractivity contribution in [3.63, 3.8) is 0 Å². The van der Waals surface area contributed by atoms with Crippen LogP contribution in [0.25, 0.3) is 110 Å². The Morgan fingerprint density at radius 1 is 0.491 bits per heavy atom. The Kier molecular flexibility index (Phi) is 6.41. The fourth-order valence-corrected chi connectivity index (χ4v) is 9.47. The van der Waals surface area contributed by atoms with Crippen molar-refractivity contribution in [3.05, 3.63) is 163 Å². The zero-order valence-electron chi connectivity index (χ0n) is 31.7. The number of aromatic nitrogens is 4. The van der Waals surface area contributed by atoms with Gasteiger partial charge in [0.2, 0.25) is 0 Å². The fourth-order valence-electron chi connectivity index (χ4n) is 9.47. The Morgan fingerprint density at radius 2 is 1.11 bits per heavy atom. The van der Waals surface area contributed by atoms with Crippen molar-refractivity contribution in [3.8, 4) is 39.3 Å². The van der Waals surface area contributed by atoms with Gasteiger partial charge in [-0.1, -0.05) is 124 Å². The van der Waals surface area contributed by atoms with Crippen LogP contribution in [-0.4, -0.2) is 23.9 Å². The Morgan fingerprint density at radius 3 is 1.82 bits per heavy atom. The van der Waals surface area contributed by atoms with Crippen LogP contribution in [0.1, 0.15) is 26.3 Å². The molecule has 5 aromatic heterocycles. The Hall–Kier alpha value is -7.24. The minimum absolute atomic E-state index is 0.115. The van der Waals surface area contributed by atoms with Crippen LogP contribution in [0.3, 0.4) is 0 Å². The van der Waals surface area contributed by atoms with Crippen LogP contribution in [0.5, 0.6) is 5.75 Å². The molecule has 5 heterocycles. The summed E-state index contributed by atoms with van der Waals surface area (Å²) in [5.74, 6) is 0.264. The van der Waals surface area contributed by atoms with Gasteiger partial charge < -0.3 is 9.51 Å². The summed E-state index contributed by atoms with van der Waals surface area (Å²) in [5.41, 5.74) is 14.4. The molecule has 1 N–H and O–H groups in total. The van der Waals surface area contributed by atoms with Gasteiger partial charge in [0.25, 0.3) is 0 Å². The monoisotopic (exact) mass is 732 g/mol. The molecule has 5 nitrogen and oxygen atoms in total. The number of pyridine rings is 2. The predicted octanol–water partition coefficient (Wildman–Crippen LogP) is 13.3. The van der Waals surface area contributed by atoms with E-state index < -0.39 is 0 Å². The molecular weight excluding hydrogens is 697 g/mol. The molecule has 57 heavy (non-hydrogen) atoms. The topological polar surface area (TPSA) is 54.8 Å². The summed E-state index contributed by atoms with van der Waals surface area (Å²) in [6.07, 6.45) is 1.91. The van der Waals surface area contributed by atoms with Gasteiger partial charge in [-0.3, -0.25) is 9.38 Å². The number of hydrogen-bond donors (Lipinski definition) is 1. The van der Waals surface area contributed by atoms with Gasteiger partial charge in [-0.15, -0.1) is 0 Å². The fraction of sp³-hybridized carbons (Fsp3) is 0.0769. The third-order valence-electron chi connectivity index (χ3n) is 12.1. The van der Waals surface area contributed by atoms with E-state index >= 15 is 0 Å². The molecule has 12 rings (SSSR count). The van der Waals surface area contributed by atoms with E-state index in [1.54, 1.807) is 0 Å². The lowest BCUT2D eigenvalue weighted by molar-refractivity contribution is 0.488. The highest BCUT2D eigenvalue weighted by Gasteiger charge is 2.28. The quantitative estimate of drug-likeness (QED) is 0.184. The minimum atomic E-state index is -0.115. The lowest BCUT2D eigenvalue weighted by Gasteiger charge is -2.22. The first-order valence-corrected chi connectivity index (χ1v) is 19.6. The lowest BCUT2D eigenvalue weighted by atomic mass is 9.83. The van der Waals surface area contributed by atoms with E-state index in [-0.39, 0.29) is 11.2 Å². The third kappa shape index (κ3) is 4.39. The first kappa shape index (κ1) is 32.0. The molecule has 0 aliphatic carbocycles. The first-order valence-electron chi connectivity index (χ1n) is 19.6. The molecule has 5 heteroatoms. The standard InChI is InChI=1S/C52H36N4O/c1-52(2,3)34-27-32(26-33(28-34)39-29-31(24-25-53-39)30-14-5-4-6-15-30)35-19-13-23-43-48(35)54-51-47-44(36-16-7-12-22-42(36)56(43)51)45-37-17-8-10-20-40(37)55-41-21-11-9-18-38(41)46(49(45)55)50(47)57/h4-29,57H,1-3H3. The highest BCUT2D eigenvalue weighted by molar-refractivity contribution is 6.39. The number of benzene rings is 7. The summed E-state index contributed by atoms with van der Waals surface area (Å²) in [7, 11) is 0. The van der Waals surface area contributed by atoms with Crippen molar-refractivity contribution in [2.45, 2.75) is 26.2 Å². The number of fused-ring (bicyclic) bond motifs is 15. The van der Waals surface area contributed by atoms with Gasteiger partial charge in [0.15, 0.2) is 0 Å². The van der Waals surface area contributed by atoms with Crippen molar-refractivity contribution in [1.29, 1.82) is 0 Å². The van der Waals surface area contributed by atoms with Gasteiger partial charge in [-0.2, -0.15) is 0 Å². The van der Waals surface area contributed by atoms with Gasteiger partial charge >= 0.3 is 0 Å². The van der Waals surface area contributed by atoms with Crippen molar-refractivity contribution in [2.75, 3.05) is 0 Å². The summed E-state index contributed by atoms with van der Waals surface area (Å²) in [6.45, 7) is 6.78. The molecule has 270 valence electrons. The van der Waals surface area contributed by atoms with Crippen LogP contribution in [0.15, 0.2) is 158 Å². The number of para-hydroxylation sites is 4. The first-order chi connectivity index (χ1) is 27.8. The number of nitrogens with zero attached hydrogens (tertiary/aromatic N) is 4. The SMILES string of the molecule is CC(C)(C)c1cc(-c2cc(-c3ccccc3)ccn2)cc(-c2cccc3c2nc2c4c(O)c5c6ccccc6n6c7ccccc7c(c4c4ccccc4n32)c56)c1. The highest BCUT2D eigenvalue weighted by atomic mass is 16.3. The summed E-state index contributed by atoms with van der Waals surface area (Å²) in [6, 6.07) is 53.7. The molecule has 0 bridgehead atoms. The summed E-state index contributed by atoms with van der Waals surface area (Å²) >= 11 is 0. The van der Waals surface area contributed by atoms with E-state index in [4.69, 9.17) is 9.97 Å².